The molecule has 64 valence electrons. The first-order valence-corrected chi connectivity index (χ1v) is 4.18. The molecule has 12 heavy (non-hydrogen) atoms. The van der Waals surface area contributed by atoms with Gasteiger partial charge in [-0.3, -0.25) is 0 Å². The molecule has 0 radical (unpaired) electrons. The Labute approximate surface area is 78.0 Å². The minimum absolute atomic E-state index is 0.137. The largest absolute Gasteiger partial charge is 0.284 e. The molecule has 0 heterocycles. The van der Waals surface area contributed by atoms with Crippen LogP contribution < -0.4 is 0 Å². The van der Waals surface area contributed by atoms with Gasteiger partial charge in [-0.1, -0.05) is 29.8 Å². The molecule has 0 atom stereocenters. The zero-order chi connectivity index (χ0) is 9.14. The summed E-state index contributed by atoms with van der Waals surface area (Å²) in [4.78, 5) is 0. The van der Waals surface area contributed by atoms with Gasteiger partial charge in [-0.05, 0) is 28.4 Å². The lowest BCUT2D eigenvalue weighted by Gasteiger charge is -1.98. The van der Waals surface area contributed by atoms with Crippen LogP contribution in [0.3, 0.4) is 0 Å². The first-order valence-electron chi connectivity index (χ1n) is 3.39. The lowest BCUT2D eigenvalue weighted by molar-refractivity contribution is 0.428. The number of benzene rings is 1. The number of hydrogen-bond acceptors (Lipinski definition) is 0. The molecule has 0 saturated heterocycles. The fraction of sp³-hybridized carbons (Fsp3) is 0.111. The Morgan fingerprint density at radius 2 is 1.67 bits per heavy atom. The maximum atomic E-state index is 12.0. The van der Waals surface area contributed by atoms with Gasteiger partial charge >= 0.3 is 0 Å². The van der Waals surface area contributed by atoms with Crippen molar-refractivity contribution in [3.05, 3.63) is 41.5 Å². The molecular formula is C9H7BrF2. The Balaban J connectivity index is 3.06. The highest BCUT2D eigenvalue weighted by molar-refractivity contribution is 9.15. The second-order valence-electron chi connectivity index (χ2n) is 2.44. The number of halogens is 3. The average Bonchev–Trinajstić information content (AvgIpc) is 2.04. The molecule has 0 aliphatic rings. The van der Waals surface area contributed by atoms with Crippen LogP contribution in [0.5, 0.6) is 0 Å². The van der Waals surface area contributed by atoms with Gasteiger partial charge < -0.3 is 0 Å². The van der Waals surface area contributed by atoms with Gasteiger partial charge in [-0.15, -0.1) is 0 Å². The summed E-state index contributed by atoms with van der Waals surface area (Å²) < 4.78 is 24.0. The normalized spacial score (nSPS) is 9.67. The smallest absolute Gasteiger partial charge is 0.172 e. The van der Waals surface area contributed by atoms with E-state index in [4.69, 9.17) is 0 Å². The summed E-state index contributed by atoms with van der Waals surface area (Å²) in [5, 5.41) is 0. The van der Waals surface area contributed by atoms with Gasteiger partial charge in [-0.2, -0.15) is 8.78 Å². The molecule has 0 saturated carbocycles. The summed E-state index contributed by atoms with van der Waals surface area (Å²) >= 11 is 2.80. The van der Waals surface area contributed by atoms with Crippen LogP contribution in [-0.4, -0.2) is 0 Å². The topological polar surface area (TPSA) is 0 Å². The van der Waals surface area contributed by atoms with Crippen LogP contribution in [0.4, 0.5) is 8.78 Å². The van der Waals surface area contributed by atoms with E-state index in [1.807, 2.05) is 6.92 Å². The van der Waals surface area contributed by atoms with E-state index in [0.29, 0.717) is 5.56 Å². The molecule has 0 aliphatic carbocycles. The number of rotatable bonds is 1. The molecule has 0 bridgehead atoms. The molecule has 1 aromatic carbocycles. The van der Waals surface area contributed by atoms with Crippen LogP contribution >= 0.6 is 15.9 Å². The van der Waals surface area contributed by atoms with Crippen molar-refractivity contribution in [2.24, 2.45) is 0 Å². The van der Waals surface area contributed by atoms with Crippen LogP contribution in [0.2, 0.25) is 0 Å². The summed E-state index contributed by atoms with van der Waals surface area (Å²) in [5.41, 5.74) is 1.55. The molecule has 1 rings (SSSR count). The van der Waals surface area contributed by atoms with Crippen molar-refractivity contribution in [1.29, 1.82) is 0 Å². The van der Waals surface area contributed by atoms with Crippen molar-refractivity contribution in [3.63, 3.8) is 0 Å². The van der Waals surface area contributed by atoms with Crippen LogP contribution in [-0.2, 0) is 0 Å². The van der Waals surface area contributed by atoms with E-state index >= 15 is 0 Å². The van der Waals surface area contributed by atoms with Crippen LogP contribution in [0, 0.1) is 6.92 Å². The molecule has 0 fully saturated rings. The summed E-state index contributed by atoms with van der Waals surface area (Å²) in [6.45, 7) is 1.91. The Hall–Kier alpha value is -0.700. The summed E-state index contributed by atoms with van der Waals surface area (Å²) in [7, 11) is 0. The third-order valence-corrected chi connectivity index (χ3v) is 2.23. The van der Waals surface area contributed by atoms with Crippen LogP contribution in [0.15, 0.2) is 30.3 Å². The minimum Gasteiger partial charge on any atom is -0.172 e. The lowest BCUT2D eigenvalue weighted by Crippen LogP contribution is -1.78. The monoisotopic (exact) mass is 232 g/mol. The van der Waals surface area contributed by atoms with Crippen LogP contribution in [0.25, 0.3) is 4.48 Å². The molecule has 0 spiro atoms. The molecule has 0 aliphatic heterocycles. The molecule has 0 amide bonds. The maximum absolute atomic E-state index is 12.0. The molecular weight excluding hydrogens is 226 g/mol. The highest BCUT2D eigenvalue weighted by Crippen LogP contribution is 2.26. The third-order valence-electron chi connectivity index (χ3n) is 1.47. The van der Waals surface area contributed by atoms with Gasteiger partial charge in [0.2, 0.25) is 0 Å². The minimum atomic E-state index is -1.70. The Kier molecular flexibility index (Phi) is 2.98. The van der Waals surface area contributed by atoms with Gasteiger partial charge in [-0.25, -0.2) is 0 Å². The van der Waals surface area contributed by atoms with Crippen molar-refractivity contribution in [3.8, 4) is 0 Å². The molecule has 0 N–H and O–H groups in total. The quantitative estimate of drug-likeness (QED) is 0.688. The standard InChI is InChI=1S/C9H7BrF2/c1-6-2-4-7(5-3-6)8(10)9(11)12/h2-5H,1H3. The van der Waals surface area contributed by atoms with Crippen LogP contribution in [0.1, 0.15) is 11.1 Å². The van der Waals surface area contributed by atoms with E-state index in [9.17, 15) is 8.78 Å². The van der Waals surface area contributed by atoms with E-state index in [1.165, 1.54) is 0 Å². The highest BCUT2D eigenvalue weighted by Gasteiger charge is 2.03. The van der Waals surface area contributed by atoms with Crippen molar-refractivity contribution in [1.82, 2.24) is 0 Å². The molecule has 0 nitrogen and oxygen atoms in total. The van der Waals surface area contributed by atoms with Crippen molar-refractivity contribution in [2.45, 2.75) is 6.92 Å². The highest BCUT2D eigenvalue weighted by atomic mass is 79.9. The van der Waals surface area contributed by atoms with Gasteiger partial charge in [0.15, 0.2) is 0 Å². The second kappa shape index (κ2) is 3.81. The Bertz CT molecular complexity index is 297. The van der Waals surface area contributed by atoms with E-state index in [1.54, 1.807) is 24.3 Å². The van der Waals surface area contributed by atoms with Gasteiger partial charge in [0, 0.05) is 0 Å². The van der Waals surface area contributed by atoms with E-state index < -0.39 is 6.08 Å². The first kappa shape index (κ1) is 9.39. The molecule has 0 aromatic heterocycles. The molecule has 3 heteroatoms. The van der Waals surface area contributed by atoms with Crippen molar-refractivity contribution < 1.29 is 8.78 Å². The second-order valence-corrected chi connectivity index (χ2v) is 3.23. The average molecular weight is 233 g/mol. The fourth-order valence-electron chi connectivity index (χ4n) is 0.809. The summed E-state index contributed by atoms with van der Waals surface area (Å²) in [6, 6.07) is 6.89. The Morgan fingerprint density at radius 3 is 2.08 bits per heavy atom. The van der Waals surface area contributed by atoms with E-state index in [-0.39, 0.29) is 4.48 Å². The van der Waals surface area contributed by atoms with Gasteiger partial charge in [0.25, 0.3) is 6.08 Å². The van der Waals surface area contributed by atoms with Gasteiger partial charge in [0.1, 0.15) is 0 Å². The van der Waals surface area contributed by atoms with Crippen molar-refractivity contribution in [2.75, 3.05) is 0 Å². The summed E-state index contributed by atoms with van der Waals surface area (Å²) in [5.74, 6) is 0. The lowest BCUT2D eigenvalue weighted by atomic mass is 10.1. The van der Waals surface area contributed by atoms with E-state index in [2.05, 4.69) is 15.9 Å². The Morgan fingerprint density at radius 1 is 1.17 bits per heavy atom. The first-order chi connectivity index (χ1) is 5.61. The fourth-order valence-corrected chi connectivity index (χ4v) is 1.07. The maximum Gasteiger partial charge on any atom is 0.284 e. The zero-order valence-corrected chi connectivity index (χ0v) is 8.03. The molecule has 1 aromatic rings. The predicted molar refractivity (Wildman–Crippen MR) is 49.2 cm³/mol. The third kappa shape index (κ3) is 2.14. The zero-order valence-electron chi connectivity index (χ0n) is 6.44. The van der Waals surface area contributed by atoms with Gasteiger partial charge in [0.05, 0.1) is 4.48 Å². The molecule has 0 unspecified atom stereocenters. The number of aryl methyl sites for hydroxylation is 1. The SMILES string of the molecule is Cc1ccc(C(Br)=C(F)F)cc1. The summed E-state index contributed by atoms with van der Waals surface area (Å²) in [6.07, 6.45) is -1.70. The number of hydrogen-bond donors (Lipinski definition) is 0. The van der Waals surface area contributed by atoms with Crippen molar-refractivity contribution >= 4 is 20.4 Å². The predicted octanol–water partition coefficient (Wildman–Crippen LogP) is 3.96. The van der Waals surface area contributed by atoms with E-state index in [0.717, 1.165) is 5.56 Å².